The smallest absolute Gasteiger partial charge is 0.195 e. The lowest BCUT2D eigenvalue weighted by molar-refractivity contribution is 1.17. The van der Waals surface area contributed by atoms with Crippen molar-refractivity contribution >= 4 is 71.1 Å². The lowest BCUT2D eigenvalue weighted by atomic mass is 10.0. The highest BCUT2D eigenvalue weighted by atomic mass is 15.0. The molecule has 254 valence electrons. The highest BCUT2D eigenvalue weighted by molar-refractivity contribution is 6.16. The number of hydrogen-bond acceptors (Lipinski definition) is 1. The second-order valence-corrected chi connectivity index (χ2v) is 13.9. The molecule has 0 amide bonds. The summed E-state index contributed by atoms with van der Waals surface area (Å²) in [6.07, 6.45) is 0. The van der Waals surface area contributed by atoms with Gasteiger partial charge in [-0.1, -0.05) is 97.1 Å². The standard InChI is InChI=1S/C50H29N5/c1-52-42-27-26-35(30-40(42)33-22-24-34(25-23-33)53-43-15-6-2-11-36(43)37-12-3-7-16-44(37)53)54-46-18-9-5-14-39(46)50-48(54)19-10-20-49(50)55-45-17-8-4-13-38(45)41-29-32(31-51)21-28-47(41)55/h2-30H. The molecule has 0 aliphatic rings. The van der Waals surface area contributed by atoms with E-state index in [2.05, 4.69) is 182 Å². The van der Waals surface area contributed by atoms with Crippen molar-refractivity contribution in [2.24, 2.45) is 0 Å². The van der Waals surface area contributed by atoms with Crippen LogP contribution < -0.4 is 0 Å². The third-order valence-electron chi connectivity index (χ3n) is 11.1. The summed E-state index contributed by atoms with van der Waals surface area (Å²) in [4.78, 5) is 3.98. The van der Waals surface area contributed by atoms with Crippen LogP contribution in [0.15, 0.2) is 176 Å². The number of fused-ring (bicyclic) bond motifs is 9. The van der Waals surface area contributed by atoms with E-state index in [1.807, 2.05) is 18.2 Å². The Morgan fingerprint density at radius 3 is 1.62 bits per heavy atom. The van der Waals surface area contributed by atoms with Gasteiger partial charge in [-0.3, -0.25) is 0 Å². The van der Waals surface area contributed by atoms with E-state index in [-0.39, 0.29) is 0 Å². The molecule has 55 heavy (non-hydrogen) atoms. The zero-order chi connectivity index (χ0) is 36.6. The molecular weight excluding hydrogens is 671 g/mol. The first kappa shape index (κ1) is 30.7. The Hall–Kier alpha value is -7.86. The van der Waals surface area contributed by atoms with Crippen LogP contribution in [0.5, 0.6) is 0 Å². The maximum absolute atomic E-state index is 9.73. The van der Waals surface area contributed by atoms with Gasteiger partial charge >= 0.3 is 0 Å². The van der Waals surface area contributed by atoms with Gasteiger partial charge in [0.25, 0.3) is 0 Å². The van der Waals surface area contributed by atoms with Crippen molar-refractivity contribution in [1.29, 1.82) is 5.26 Å². The first-order chi connectivity index (χ1) is 27.2. The quantitative estimate of drug-likeness (QED) is 0.169. The van der Waals surface area contributed by atoms with Gasteiger partial charge in [0, 0.05) is 43.7 Å². The summed E-state index contributed by atoms with van der Waals surface area (Å²) < 4.78 is 6.96. The number of hydrogen-bond donors (Lipinski definition) is 0. The Morgan fingerprint density at radius 1 is 0.436 bits per heavy atom. The van der Waals surface area contributed by atoms with Crippen LogP contribution >= 0.6 is 0 Å². The fourth-order valence-electron chi connectivity index (χ4n) is 8.75. The molecule has 8 aromatic carbocycles. The molecule has 0 atom stereocenters. The van der Waals surface area contributed by atoms with Crippen molar-refractivity contribution < 1.29 is 0 Å². The van der Waals surface area contributed by atoms with Gasteiger partial charge < -0.3 is 13.7 Å². The summed E-state index contributed by atoms with van der Waals surface area (Å²) in [6.45, 7) is 8.14. The van der Waals surface area contributed by atoms with Gasteiger partial charge in [-0.2, -0.15) is 5.26 Å². The summed E-state index contributed by atoms with van der Waals surface area (Å²) >= 11 is 0. The zero-order valence-electron chi connectivity index (χ0n) is 29.5. The average molecular weight is 700 g/mol. The van der Waals surface area contributed by atoms with Crippen LogP contribution in [0.25, 0.3) is 98.5 Å². The average Bonchev–Trinajstić information content (AvgIpc) is 3.89. The molecule has 11 rings (SSSR count). The third-order valence-corrected chi connectivity index (χ3v) is 11.1. The highest BCUT2D eigenvalue weighted by Crippen LogP contribution is 2.42. The predicted octanol–water partition coefficient (Wildman–Crippen LogP) is 13.1. The normalized spacial score (nSPS) is 11.6. The molecule has 0 radical (unpaired) electrons. The van der Waals surface area contributed by atoms with E-state index in [9.17, 15) is 5.26 Å². The van der Waals surface area contributed by atoms with Crippen LogP contribution in [-0.4, -0.2) is 13.7 Å². The number of rotatable bonds is 4. The molecule has 0 unspecified atom stereocenters. The molecule has 0 spiro atoms. The van der Waals surface area contributed by atoms with Crippen LogP contribution in [0.4, 0.5) is 5.69 Å². The monoisotopic (exact) mass is 699 g/mol. The molecule has 0 aliphatic heterocycles. The lowest BCUT2D eigenvalue weighted by Crippen LogP contribution is -1.97. The SMILES string of the molecule is [C-]#[N+]c1ccc(-n2c3ccccc3c3c(-n4c5ccccc5c5cc(C#N)ccc54)cccc32)cc1-c1ccc(-n2c3ccccc3c3ccccc32)cc1. The van der Waals surface area contributed by atoms with Crippen LogP contribution in [0, 0.1) is 17.9 Å². The molecule has 0 saturated carbocycles. The molecule has 0 fully saturated rings. The van der Waals surface area contributed by atoms with Crippen LogP contribution in [0.2, 0.25) is 0 Å². The highest BCUT2D eigenvalue weighted by Gasteiger charge is 2.21. The Labute approximate surface area is 316 Å². The van der Waals surface area contributed by atoms with Gasteiger partial charge in [-0.05, 0) is 90.0 Å². The van der Waals surface area contributed by atoms with E-state index in [0.29, 0.717) is 11.3 Å². The van der Waals surface area contributed by atoms with E-state index < -0.39 is 0 Å². The minimum Gasteiger partial charge on any atom is -0.309 e. The van der Waals surface area contributed by atoms with E-state index in [0.717, 1.165) is 71.8 Å². The van der Waals surface area contributed by atoms with Crippen LogP contribution in [-0.2, 0) is 0 Å². The maximum Gasteiger partial charge on any atom is 0.195 e. The van der Waals surface area contributed by atoms with Gasteiger partial charge in [-0.25, -0.2) is 4.85 Å². The van der Waals surface area contributed by atoms with Crippen molar-refractivity contribution in [2.75, 3.05) is 0 Å². The molecule has 0 saturated heterocycles. The van der Waals surface area contributed by atoms with Crippen LogP contribution in [0.1, 0.15) is 5.56 Å². The van der Waals surface area contributed by atoms with E-state index >= 15 is 0 Å². The number of aromatic nitrogens is 3. The second kappa shape index (κ2) is 11.8. The third kappa shape index (κ3) is 4.45. The number of nitrogens with zero attached hydrogens (tertiary/aromatic N) is 5. The van der Waals surface area contributed by atoms with Crippen LogP contribution in [0.3, 0.4) is 0 Å². The van der Waals surface area contributed by atoms with E-state index in [4.69, 9.17) is 6.57 Å². The minimum absolute atomic E-state index is 0.608. The van der Waals surface area contributed by atoms with Gasteiger partial charge in [0.05, 0.1) is 57.0 Å². The molecule has 0 aliphatic carbocycles. The molecule has 0 bridgehead atoms. The predicted molar refractivity (Wildman–Crippen MR) is 226 cm³/mol. The Bertz CT molecular complexity index is 3400. The maximum atomic E-state index is 9.73. The molecule has 11 aromatic rings. The number of nitriles is 1. The number of benzene rings is 8. The molecule has 5 nitrogen and oxygen atoms in total. The minimum atomic E-state index is 0.608. The lowest BCUT2D eigenvalue weighted by Gasteiger charge is -2.14. The van der Waals surface area contributed by atoms with E-state index in [1.165, 1.54) is 21.8 Å². The van der Waals surface area contributed by atoms with Gasteiger partial charge in [-0.15, -0.1) is 0 Å². The first-order valence-electron chi connectivity index (χ1n) is 18.3. The summed E-state index contributed by atoms with van der Waals surface area (Å²) in [5.41, 5.74) is 12.9. The van der Waals surface area contributed by atoms with Crippen molar-refractivity contribution in [2.45, 2.75) is 0 Å². The summed E-state index contributed by atoms with van der Waals surface area (Å²) in [5.74, 6) is 0. The van der Waals surface area contributed by atoms with Gasteiger partial charge in [0.1, 0.15) is 0 Å². The van der Waals surface area contributed by atoms with E-state index in [1.54, 1.807) is 0 Å². The summed E-state index contributed by atoms with van der Waals surface area (Å²) in [7, 11) is 0. The molecular formula is C50H29N5. The largest absolute Gasteiger partial charge is 0.309 e. The molecule has 0 N–H and O–H groups in total. The Balaban J connectivity index is 1.10. The van der Waals surface area contributed by atoms with Crippen molar-refractivity contribution in [3.63, 3.8) is 0 Å². The number of para-hydroxylation sites is 4. The Kier molecular flexibility index (Phi) is 6.61. The van der Waals surface area contributed by atoms with Gasteiger partial charge in [0.2, 0.25) is 0 Å². The fourth-order valence-corrected chi connectivity index (χ4v) is 8.75. The summed E-state index contributed by atoms with van der Waals surface area (Å²) in [5, 5.41) is 16.6. The Morgan fingerprint density at radius 2 is 0.964 bits per heavy atom. The molecule has 3 aromatic heterocycles. The zero-order valence-corrected chi connectivity index (χ0v) is 29.5. The molecule has 5 heteroatoms. The second-order valence-electron chi connectivity index (χ2n) is 13.9. The van der Waals surface area contributed by atoms with Gasteiger partial charge in [0.15, 0.2) is 5.69 Å². The van der Waals surface area contributed by atoms with Crippen molar-refractivity contribution in [1.82, 2.24) is 13.7 Å². The van der Waals surface area contributed by atoms with Crippen molar-refractivity contribution in [3.05, 3.63) is 193 Å². The molecule has 3 heterocycles. The summed E-state index contributed by atoms with van der Waals surface area (Å²) in [6, 6.07) is 63.6. The van der Waals surface area contributed by atoms with Crippen molar-refractivity contribution in [3.8, 4) is 34.3 Å². The first-order valence-corrected chi connectivity index (χ1v) is 18.3. The topological polar surface area (TPSA) is 42.9 Å². The fraction of sp³-hybridized carbons (Fsp3) is 0.